The predicted molar refractivity (Wildman–Crippen MR) is 90.1 cm³/mol. The Morgan fingerprint density at radius 3 is 3.00 bits per heavy atom. The molecule has 23 heavy (non-hydrogen) atoms. The lowest BCUT2D eigenvalue weighted by Crippen LogP contribution is -2.55. The van der Waals surface area contributed by atoms with Gasteiger partial charge < -0.3 is 24.8 Å². The van der Waals surface area contributed by atoms with Crippen molar-refractivity contribution in [1.29, 1.82) is 0 Å². The molecule has 0 saturated carbocycles. The number of ether oxygens (including phenoxy) is 3. The third-order valence-corrected chi connectivity index (χ3v) is 3.52. The van der Waals surface area contributed by atoms with E-state index in [4.69, 9.17) is 14.2 Å². The normalized spacial score (nSPS) is 20.4. The van der Waals surface area contributed by atoms with Crippen LogP contribution in [0.2, 0.25) is 0 Å². The van der Waals surface area contributed by atoms with E-state index in [0.29, 0.717) is 32.9 Å². The summed E-state index contributed by atoms with van der Waals surface area (Å²) in [4.78, 5) is 12.2. The van der Waals surface area contributed by atoms with Gasteiger partial charge in [0.15, 0.2) is 0 Å². The number of morpholine rings is 1. The Hall–Kier alpha value is -1.34. The van der Waals surface area contributed by atoms with Gasteiger partial charge in [-0.3, -0.25) is 4.79 Å². The molecule has 1 aromatic carbocycles. The number of hydrogen-bond donors (Lipinski definition) is 2. The van der Waals surface area contributed by atoms with E-state index >= 15 is 0 Å². The van der Waals surface area contributed by atoms with Gasteiger partial charge in [0.25, 0.3) is 0 Å². The maximum atomic E-state index is 12.2. The molecule has 0 radical (unpaired) electrons. The Bertz CT molecular complexity index is 487. The summed E-state index contributed by atoms with van der Waals surface area (Å²) >= 11 is 0. The van der Waals surface area contributed by atoms with Crippen molar-refractivity contribution < 1.29 is 19.0 Å². The fourth-order valence-corrected chi connectivity index (χ4v) is 2.31. The first-order chi connectivity index (χ1) is 10.7. The molecule has 2 rings (SSSR count). The van der Waals surface area contributed by atoms with Gasteiger partial charge in [0.2, 0.25) is 5.91 Å². The zero-order valence-electron chi connectivity index (χ0n) is 13.5. The van der Waals surface area contributed by atoms with Crippen molar-refractivity contribution in [3.05, 3.63) is 29.8 Å². The van der Waals surface area contributed by atoms with Gasteiger partial charge in [-0.1, -0.05) is 12.1 Å². The van der Waals surface area contributed by atoms with Crippen molar-refractivity contribution in [3.8, 4) is 5.75 Å². The minimum absolute atomic E-state index is 0. The molecule has 0 bridgehead atoms. The van der Waals surface area contributed by atoms with Crippen LogP contribution < -0.4 is 15.4 Å². The summed E-state index contributed by atoms with van der Waals surface area (Å²) in [6.45, 7) is 4.77. The predicted octanol–water partition coefficient (Wildman–Crippen LogP) is 1.13. The van der Waals surface area contributed by atoms with Gasteiger partial charge in [0.1, 0.15) is 18.4 Å². The highest BCUT2D eigenvalue weighted by Gasteiger charge is 2.27. The molecular formula is C16H25ClN2O4. The minimum atomic E-state index is -0.296. The molecule has 1 aliphatic rings. The molecule has 0 aliphatic carbocycles. The minimum Gasteiger partial charge on any atom is -0.491 e. The van der Waals surface area contributed by atoms with Crippen LogP contribution in [-0.4, -0.2) is 51.5 Å². The van der Waals surface area contributed by atoms with E-state index in [-0.39, 0.29) is 30.5 Å². The van der Waals surface area contributed by atoms with Crippen LogP contribution in [0, 0.1) is 0 Å². The molecule has 1 aromatic rings. The quantitative estimate of drug-likeness (QED) is 0.726. The third-order valence-electron chi connectivity index (χ3n) is 3.52. The molecule has 6 nitrogen and oxygen atoms in total. The van der Waals surface area contributed by atoms with Crippen LogP contribution in [-0.2, 0) is 20.8 Å². The highest BCUT2D eigenvalue weighted by molar-refractivity contribution is 5.85. The van der Waals surface area contributed by atoms with Crippen LogP contribution in [0.15, 0.2) is 24.3 Å². The van der Waals surface area contributed by atoms with Crippen LogP contribution in [0.3, 0.4) is 0 Å². The van der Waals surface area contributed by atoms with Gasteiger partial charge in [0, 0.05) is 20.2 Å². The molecule has 2 N–H and O–H groups in total. The standard InChI is InChI=1S/C16H24N2O4.ClH/c1-12-15(17-6-7-21-12)16(19)18-11-13-4-3-5-14(10-13)22-9-8-20-2;/h3-5,10,12,15,17H,6-9,11H2,1-2H3,(H,18,19);1H/t12-,15+;/m1./s1. The van der Waals surface area contributed by atoms with Crippen LogP contribution >= 0.6 is 12.4 Å². The van der Waals surface area contributed by atoms with Gasteiger partial charge in [-0.05, 0) is 24.6 Å². The van der Waals surface area contributed by atoms with Crippen LogP contribution in [0.5, 0.6) is 5.75 Å². The van der Waals surface area contributed by atoms with Crippen LogP contribution in [0.25, 0.3) is 0 Å². The third kappa shape index (κ3) is 6.35. The number of methoxy groups -OCH3 is 1. The Morgan fingerprint density at radius 2 is 2.26 bits per heavy atom. The number of amides is 1. The van der Waals surface area contributed by atoms with Crippen LogP contribution in [0.4, 0.5) is 0 Å². The van der Waals surface area contributed by atoms with E-state index in [2.05, 4.69) is 10.6 Å². The largest absolute Gasteiger partial charge is 0.491 e. The fourth-order valence-electron chi connectivity index (χ4n) is 2.31. The Morgan fingerprint density at radius 1 is 1.43 bits per heavy atom. The number of hydrogen-bond acceptors (Lipinski definition) is 5. The monoisotopic (exact) mass is 344 g/mol. The summed E-state index contributed by atoms with van der Waals surface area (Å²) in [6, 6.07) is 7.38. The maximum Gasteiger partial charge on any atom is 0.240 e. The zero-order chi connectivity index (χ0) is 15.8. The highest BCUT2D eigenvalue weighted by Crippen LogP contribution is 2.13. The summed E-state index contributed by atoms with van der Waals surface area (Å²) in [7, 11) is 1.64. The highest BCUT2D eigenvalue weighted by atomic mass is 35.5. The number of carbonyl (C=O) groups is 1. The average molecular weight is 345 g/mol. The summed E-state index contributed by atoms with van der Waals surface area (Å²) in [5, 5.41) is 6.11. The molecule has 1 aliphatic heterocycles. The van der Waals surface area contributed by atoms with Crippen molar-refractivity contribution in [2.24, 2.45) is 0 Å². The summed E-state index contributed by atoms with van der Waals surface area (Å²) in [6.07, 6.45) is -0.113. The topological polar surface area (TPSA) is 68.8 Å². The average Bonchev–Trinajstić information content (AvgIpc) is 2.54. The first-order valence-electron chi connectivity index (χ1n) is 7.54. The molecule has 0 aromatic heterocycles. The number of carbonyl (C=O) groups excluding carboxylic acids is 1. The maximum absolute atomic E-state index is 12.2. The van der Waals surface area contributed by atoms with E-state index in [1.165, 1.54) is 0 Å². The number of rotatable bonds is 7. The van der Waals surface area contributed by atoms with E-state index in [1.54, 1.807) is 7.11 Å². The molecule has 2 atom stereocenters. The van der Waals surface area contributed by atoms with Crippen LogP contribution in [0.1, 0.15) is 12.5 Å². The fraction of sp³-hybridized carbons (Fsp3) is 0.562. The molecule has 0 spiro atoms. The van der Waals surface area contributed by atoms with E-state index < -0.39 is 0 Å². The van der Waals surface area contributed by atoms with E-state index in [0.717, 1.165) is 11.3 Å². The molecule has 1 saturated heterocycles. The Balaban J connectivity index is 0.00000264. The van der Waals surface area contributed by atoms with Crippen molar-refractivity contribution in [2.45, 2.75) is 25.6 Å². The number of nitrogens with one attached hydrogen (secondary N) is 2. The lowest BCUT2D eigenvalue weighted by molar-refractivity contribution is -0.129. The van der Waals surface area contributed by atoms with Gasteiger partial charge in [-0.15, -0.1) is 12.4 Å². The second kappa shape index (κ2) is 10.4. The Kier molecular flexibility index (Phi) is 8.94. The van der Waals surface area contributed by atoms with Crippen molar-refractivity contribution in [1.82, 2.24) is 10.6 Å². The summed E-state index contributed by atoms with van der Waals surface area (Å²) < 4.78 is 16.0. The van der Waals surface area contributed by atoms with Gasteiger partial charge in [-0.2, -0.15) is 0 Å². The van der Waals surface area contributed by atoms with Gasteiger partial charge in [-0.25, -0.2) is 0 Å². The first kappa shape index (κ1) is 19.7. The van der Waals surface area contributed by atoms with Gasteiger partial charge >= 0.3 is 0 Å². The molecule has 1 fully saturated rings. The van der Waals surface area contributed by atoms with E-state index in [1.807, 2.05) is 31.2 Å². The molecule has 1 amide bonds. The number of halogens is 1. The van der Waals surface area contributed by atoms with Crippen molar-refractivity contribution >= 4 is 18.3 Å². The lowest BCUT2D eigenvalue weighted by atomic mass is 10.1. The Labute approximate surface area is 143 Å². The lowest BCUT2D eigenvalue weighted by Gasteiger charge is -2.29. The SMILES string of the molecule is COCCOc1cccc(CNC(=O)[C@H]2NCCO[C@@H]2C)c1.Cl. The smallest absolute Gasteiger partial charge is 0.240 e. The van der Waals surface area contributed by atoms with Crippen molar-refractivity contribution in [2.75, 3.05) is 33.5 Å². The van der Waals surface area contributed by atoms with Crippen molar-refractivity contribution in [3.63, 3.8) is 0 Å². The molecular weight excluding hydrogens is 320 g/mol. The second-order valence-corrected chi connectivity index (χ2v) is 5.21. The number of benzene rings is 1. The summed E-state index contributed by atoms with van der Waals surface area (Å²) in [5.74, 6) is 0.731. The van der Waals surface area contributed by atoms with E-state index in [9.17, 15) is 4.79 Å². The zero-order valence-corrected chi connectivity index (χ0v) is 14.4. The second-order valence-electron chi connectivity index (χ2n) is 5.21. The molecule has 130 valence electrons. The first-order valence-corrected chi connectivity index (χ1v) is 7.54. The van der Waals surface area contributed by atoms with Gasteiger partial charge in [0.05, 0.1) is 19.3 Å². The molecule has 1 heterocycles. The summed E-state index contributed by atoms with van der Waals surface area (Å²) in [5.41, 5.74) is 0.993. The molecule has 7 heteroatoms. The molecule has 0 unspecified atom stereocenters.